The summed E-state index contributed by atoms with van der Waals surface area (Å²) in [6.45, 7) is 3.58. The molecule has 1 atom stereocenters. The number of hydrogen-bond donors (Lipinski definition) is 2. The van der Waals surface area contributed by atoms with Crippen molar-refractivity contribution in [3.8, 4) is 0 Å². The summed E-state index contributed by atoms with van der Waals surface area (Å²) in [6, 6.07) is 0. The summed E-state index contributed by atoms with van der Waals surface area (Å²) in [5.41, 5.74) is 12.0. The van der Waals surface area contributed by atoms with Gasteiger partial charge in [0.15, 0.2) is 17.4 Å². The van der Waals surface area contributed by atoms with Gasteiger partial charge in [-0.2, -0.15) is 0 Å². The molecule has 6 nitrogen and oxygen atoms in total. The van der Waals surface area contributed by atoms with Gasteiger partial charge in [-0.25, -0.2) is 20.0 Å². The maximum absolute atomic E-state index is 5.86. The predicted molar refractivity (Wildman–Crippen MR) is 56.7 cm³/mol. The molecule has 0 bridgehead atoms. The van der Waals surface area contributed by atoms with Gasteiger partial charge in [-0.1, -0.05) is 6.08 Å². The van der Waals surface area contributed by atoms with Crippen LogP contribution < -0.4 is 11.5 Å². The number of hydrogen-bond acceptors (Lipinski definition) is 6. The number of fused-ring (bicyclic) bond motifs is 1. The Morgan fingerprint density at radius 2 is 2.29 bits per heavy atom. The van der Waals surface area contributed by atoms with Crippen LogP contribution in [0.2, 0.25) is 0 Å². The van der Waals surface area contributed by atoms with E-state index in [-0.39, 0.29) is 5.84 Å². The standard InChI is InChI=1S/C8H10N6/c1-2-3-8(10)13-6(9)5-7(14-8)12-4-11-5/h2,4H,1,3,10H2,(H2,9,13). The number of nitrogens with zero attached hydrogens (tertiary/aromatic N) is 4. The fourth-order valence-corrected chi connectivity index (χ4v) is 1.30. The second-order valence-corrected chi connectivity index (χ2v) is 3.03. The third-order valence-electron chi connectivity index (χ3n) is 1.88. The molecule has 6 heteroatoms. The number of amidine groups is 2. The Morgan fingerprint density at radius 1 is 1.50 bits per heavy atom. The summed E-state index contributed by atoms with van der Waals surface area (Å²) in [5.74, 6) is -0.347. The first kappa shape index (κ1) is 8.76. The molecule has 1 unspecified atom stereocenters. The zero-order valence-corrected chi connectivity index (χ0v) is 7.51. The zero-order valence-electron chi connectivity index (χ0n) is 7.51. The maximum Gasteiger partial charge on any atom is 0.210 e. The molecule has 4 N–H and O–H groups in total. The summed E-state index contributed by atoms with van der Waals surface area (Å²) in [5, 5.41) is 0. The number of nitrogens with two attached hydrogens (primary N) is 2. The van der Waals surface area contributed by atoms with E-state index in [0.29, 0.717) is 18.0 Å². The molecule has 0 aromatic carbocycles. The monoisotopic (exact) mass is 190 g/mol. The second kappa shape index (κ2) is 2.85. The molecular weight excluding hydrogens is 180 g/mol. The van der Waals surface area contributed by atoms with Gasteiger partial charge in [0.1, 0.15) is 6.34 Å². The van der Waals surface area contributed by atoms with Gasteiger partial charge < -0.3 is 5.73 Å². The average molecular weight is 190 g/mol. The highest BCUT2D eigenvalue weighted by atomic mass is 15.3. The minimum atomic E-state index is -1.07. The lowest BCUT2D eigenvalue weighted by atomic mass is 10.2. The number of aliphatic imine (C=N–C) groups is 4. The van der Waals surface area contributed by atoms with E-state index in [1.807, 2.05) is 0 Å². The Kier molecular flexibility index (Phi) is 1.78. The van der Waals surface area contributed by atoms with Gasteiger partial charge >= 0.3 is 0 Å². The van der Waals surface area contributed by atoms with Gasteiger partial charge in [-0.05, 0) is 0 Å². The molecule has 0 aromatic rings. The molecule has 0 saturated carbocycles. The van der Waals surface area contributed by atoms with Crippen LogP contribution in [0.3, 0.4) is 0 Å². The van der Waals surface area contributed by atoms with Crippen LogP contribution in [0.5, 0.6) is 0 Å². The van der Waals surface area contributed by atoms with Crippen molar-refractivity contribution in [1.82, 2.24) is 0 Å². The van der Waals surface area contributed by atoms with E-state index < -0.39 is 5.79 Å². The molecule has 0 radical (unpaired) electrons. The molecular formula is C8H10N6. The van der Waals surface area contributed by atoms with Crippen molar-refractivity contribution in [3.63, 3.8) is 0 Å². The van der Waals surface area contributed by atoms with Crippen LogP contribution in [0.4, 0.5) is 0 Å². The van der Waals surface area contributed by atoms with E-state index in [9.17, 15) is 0 Å². The van der Waals surface area contributed by atoms with E-state index in [4.69, 9.17) is 11.5 Å². The summed E-state index contributed by atoms with van der Waals surface area (Å²) < 4.78 is 0. The first-order chi connectivity index (χ1) is 6.64. The Morgan fingerprint density at radius 3 is 3.00 bits per heavy atom. The van der Waals surface area contributed by atoms with Crippen molar-refractivity contribution in [2.45, 2.75) is 12.2 Å². The molecule has 0 aromatic heterocycles. The van der Waals surface area contributed by atoms with E-state index >= 15 is 0 Å². The molecule has 2 aliphatic rings. The summed E-state index contributed by atoms with van der Waals surface area (Å²) >= 11 is 0. The van der Waals surface area contributed by atoms with Crippen molar-refractivity contribution < 1.29 is 0 Å². The van der Waals surface area contributed by atoms with E-state index in [1.165, 1.54) is 6.34 Å². The third-order valence-corrected chi connectivity index (χ3v) is 1.88. The van der Waals surface area contributed by atoms with Gasteiger partial charge in [0, 0.05) is 6.42 Å². The predicted octanol–water partition coefficient (Wildman–Crippen LogP) is -0.573. The third kappa shape index (κ3) is 1.25. The molecule has 2 aliphatic heterocycles. The highest BCUT2D eigenvalue weighted by Gasteiger charge is 2.31. The van der Waals surface area contributed by atoms with E-state index in [2.05, 4.69) is 26.5 Å². The first-order valence-corrected chi connectivity index (χ1v) is 4.11. The Labute approximate surface area is 80.9 Å². The topological polar surface area (TPSA) is 101 Å². The SMILES string of the molecule is C=CCC1(N)N=C(N)C2=NC=NC2=N1. The Hall–Kier alpha value is -1.82. The van der Waals surface area contributed by atoms with Crippen LogP contribution in [0.25, 0.3) is 0 Å². The minimum Gasteiger partial charge on any atom is -0.382 e. The molecule has 0 saturated heterocycles. The van der Waals surface area contributed by atoms with Crippen LogP contribution >= 0.6 is 0 Å². The smallest absolute Gasteiger partial charge is 0.210 e. The summed E-state index contributed by atoms with van der Waals surface area (Å²) in [7, 11) is 0. The lowest BCUT2D eigenvalue weighted by Crippen LogP contribution is -2.45. The molecule has 2 rings (SSSR count). The van der Waals surface area contributed by atoms with Gasteiger partial charge in [0.05, 0.1) is 0 Å². The molecule has 0 spiro atoms. The highest BCUT2D eigenvalue weighted by Crippen LogP contribution is 2.17. The van der Waals surface area contributed by atoms with E-state index in [0.717, 1.165) is 0 Å². The summed E-state index contributed by atoms with van der Waals surface area (Å²) in [6.07, 6.45) is 3.44. The largest absolute Gasteiger partial charge is 0.382 e. The average Bonchev–Trinajstić information content (AvgIpc) is 2.51. The highest BCUT2D eigenvalue weighted by molar-refractivity contribution is 6.70. The number of rotatable bonds is 2. The molecule has 2 heterocycles. The molecule has 14 heavy (non-hydrogen) atoms. The van der Waals surface area contributed by atoms with Gasteiger partial charge in [0.2, 0.25) is 5.79 Å². The van der Waals surface area contributed by atoms with Gasteiger partial charge in [-0.3, -0.25) is 5.73 Å². The summed E-state index contributed by atoms with van der Waals surface area (Å²) in [4.78, 5) is 16.0. The van der Waals surface area contributed by atoms with Gasteiger partial charge in [0.25, 0.3) is 0 Å². The van der Waals surface area contributed by atoms with Crippen molar-refractivity contribution in [3.05, 3.63) is 12.7 Å². The first-order valence-electron chi connectivity index (χ1n) is 4.11. The Bertz CT molecular complexity index is 402. The van der Waals surface area contributed by atoms with Crippen LogP contribution in [0, 0.1) is 0 Å². The lowest BCUT2D eigenvalue weighted by Gasteiger charge is -2.23. The Balaban J connectivity index is 2.42. The lowest BCUT2D eigenvalue weighted by molar-refractivity contribution is 0.475. The zero-order chi connectivity index (χ0) is 10.2. The van der Waals surface area contributed by atoms with Crippen molar-refractivity contribution in [2.75, 3.05) is 0 Å². The van der Waals surface area contributed by atoms with Crippen LogP contribution in [0.15, 0.2) is 32.6 Å². The van der Waals surface area contributed by atoms with Crippen molar-refractivity contribution in [2.24, 2.45) is 31.4 Å². The normalized spacial score (nSPS) is 29.1. The molecule has 0 amide bonds. The van der Waals surface area contributed by atoms with Crippen LogP contribution in [-0.2, 0) is 0 Å². The maximum atomic E-state index is 5.86. The quantitative estimate of drug-likeness (QED) is 0.569. The minimum absolute atomic E-state index is 0.275. The van der Waals surface area contributed by atoms with Crippen LogP contribution in [0.1, 0.15) is 6.42 Å². The second-order valence-electron chi connectivity index (χ2n) is 3.03. The molecule has 0 fully saturated rings. The van der Waals surface area contributed by atoms with Crippen LogP contribution in [-0.4, -0.2) is 29.5 Å². The molecule has 72 valence electrons. The van der Waals surface area contributed by atoms with Gasteiger partial charge in [-0.15, -0.1) is 6.58 Å². The van der Waals surface area contributed by atoms with Crippen molar-refractivity contribution in [1.29, 1.82) is 0 Å². The molecule has 0 aliphatic carbocycles. The fraction of sp³-hybridized carbons (Fsp3) is 0.250. The van der Waals surface area contributed by atoms with E-state index in [1.54, 1.807) is 6.08 Å². The van der Waals surface area contributed by atoms with Crippen molar-refractivity contribution >= 4 is 23.7 Å². The fourth-order valence-electron chi connectivity index (χ4n) is 1.30.